The van der Waals surface area contributed by atoms with Gasteiger partial charge < -0.3 is 4.74 Å². The number of methoxy groups -OCH3 is 1. The molecule has 6 heteroatoms. The van der Waals surface area contributed by atoms with E-state index in [-0.39, 0.29) is 17.4 Å². The van der Waals surface area contributed by atoms with Gasteiger partial charge in [0.2, 0.25) is 0 Å². The minimum atomic E-state index is -0.514. The molecule has 0 aliphatic heterocycles. The van der Waals surface area contributed by atoms with Crippen LogP contribution < -0.4 is 0 Å². The number of aromatic nitrogens is 2. The third kappa shape index (κ3) is 2.60. The normalized spacial score (nSPS) is 10.9. The number of carbonyl (C=O) groups excluding carboxylic acids is 1. The highest BCUT2D eigenvalue weighted by atomic mass is 79.9. The smallest absolute Gasteiger partial charge is 0.359 e. The molecule has 0 saturated heterocycles. The number of benzene rings is 1. The van der Waals surface area contributed by atoms with Gasteiger partial charge in [0.1, 0.15) is 5.82 Å². The van der Waals surface area contributed by atoms with Crippen LogP contribution in [0.1, 0.15) is 35.9 Å². The highest BCUT2D eigenvalue weighted by Crippen LogP contribution is 2.30. The first-order valence-electron chi connectivity index (χ1n) is 6.08. The van der Waals surface area contributed by atoms with E-state index in [4.69, 9.17) is 4.74 Å². The number of halogens is 2. The minimum absolute atomic E-state index is 0.125. The molecule has 106 valence electrons. The van der Waals surface area contributed by atoms with Crippen LogP contribution in [0, 0.1) is 5.82 Å². The van der Waals surface area contributed by atoms with Crippen molar-refractivity contribution in [3.05, 3.63) is 45.9 Å². The second kappa shape index (κ2) is 5.75. The molecule has 0 N–H and O–H groups in total. The van der Waals surface area contributed by atoms with Gasteiger partial charge in [-0.1, -0.05) is 13.8 Å². The van der Waals surface area contributed by atoms with E-state index in [1.54, 1.807) is 16.8 Å². The monoisotopic (exact) mass is 340 g/mol. The first-order chi connectivity index (χ1) is 9.45. The third-order valence-electron chi connectivity index (χ3n) is 2.86. The Morgan fingerprint density at radius 1 is 1.35 bits per heavy atom. The first kappa shape index (κ1) is 14.7. The van der Waals surface area contributed by atoms with Crippen LogP contribution in [0.25, 0.3) is 5.69 Å². The molecule has 0 aliphatic rings. The minimum Gasteiger partial charge on any atom is -0.464 e. The molecule has 2 aromatic rings. The van der Waals surface area contributed by atoms with Gasteiger partial charge in [0.15, 0.2) is 5.69 Å². The summed E-state index contributed by atoms with van der Waals surface area (Å²) in [6.07, 6.45) is 0. The van der Waals surface area contributed by atoms with E-state index in [2.05, 4.69) is 21.0 Å². The van der Waals surface area contributed by atoms with Gasteiger partial charge in [-0.3, -0.25) is 0 Å². The largest absolute Gasteiger partial charge is 0.464 e. The van der Waals surface area contributed by atoms with Gasteiger partial charge >= 0.3 is 5.97 Å². The van der Waals surface area contributed by atoms with Crippen molar-refractivity contribution in [2.45, 2.75) is 19.8 Å². The van der Waals surface area contributed by atoms with Crippen LogP contribution in [0.2, 0.25) is 0 Å². The van der Waals surface area contributed by atoms with Crippen molar-refractivity contribution in [1.82, 2.24) is 9.78 Å². The SMILES string of the molecule is COC(=O)c1nn(-c2ccc(F)cc2)c(C(C)C)c1Br. The van der Waals surface area contributed by atoms with Crippen molar-refractivity contribution >= 4 is 21.9 Å². The Morgan fingerprint density at radius 2 is 1.95 bits per heavy atom. The predicted molar refractivity (Wildman–Crippen MR) is 76.7 cm³/mol. The van der Waals surface area contributed by atoms with Crippen molar-refractivity contribution in [3.8, 4) is 5.69 Å². The van der Waals surface area contributed by atoms with Crippen LogP contribution in [0.3, 0.4) is 0 Å². The van der Waals surface area contributed by atoms with E-state index in [9.17, 15) is 9.18 Å². The lowest BCUT2D eigenvalue weighted by Crippen LogP contribution is -2.06. The maximum atomic E-state index is 13.0. The topological polar surface area (TPSA) is 44.1 Å². The summed E-state index contributed by atoms with van der Waals surface area (Å²) in [7, 11) is 1.31. The van der Waals surface area contributed by atoms with E-state index >= 15 is 0 Å². The molecule has 0 amide bonds. The lowest BCUT2D eigenvalue weighted by molar-refractivity contribution is 0.0592. The molecule has 1 heterocycles. The van der Waals surface area contributed by atoms with Gasteiger partial charge in [-0.25, -0.2) is 13.9 Å². The van der Waals surface area contributed by atoms with E-state index in [1.165, 1.54) is 19.2 Å². The maximum Gasteiger partial charge on any atom is 0.359 e. The van der Waals surface area contributed by atoms with Gasteiger partial charge in [-0.15, -0.1) is 0 Å². The fourth-order valence-corrected chi connectivity index (χ4v) is 2.78. The van der Waals surface area contributed by atoms with Crippen LogP contribution >= 0.6 is 15.9 Å². The highest BCUT2D eigenvalue weighted by molar-refractivity contribution is 9.10. The number of carbonyl (C=O) groups is 1. The summed E-state index contributed by atoms with van der Waals surface area (Å²) in [6, 6.07) is 5.93. The fraction of sp³-hybridized carbons (Fsp3) is 0.286. The average Bonchev–Trinajstić information content (AvgIpc) is 2.76. The molecule has 1 aromatic heterocycles. The quantitative estimate of drug-likeness (QED) is 0.800. The Labute approximate surface area is 124 Å². The zero-order chi connectivity index (χ0) is 14.9. The van der Waals surface area contributed by atoms with E-state index in [1.807, 2.05) is 13.8 Å². The number of esters is 1. The summed E-state index contributed by atoms with van der Waals surface area (Å²) in [6.45, 7) is 3.98. The zero-order valence-electron chi connectivity index (χ0n) is 11.4. The van der Waals surface area contributed by atoms with E-state index in [0.29, 0.717) is 10.2 Å². The molecule has 0 saturated carbocycles. The Balaban J connectivity index is 2.62. The van der Waals surface area contributed by atoms with Gasteiger partial charge in [-0.2, -0.15) is 5.10 Å². The number of rotatable bonds is 3. The van der Waals surface area contributed by atoms with E-state index in [0.717, 1.165) is 5.69 Å². The molecule has 0 aliphatic carbocycles. The van der Waals surface area contributed by atoms with Gasteiger partial charge in [0.25, 0.3) is 0 Å². The summed E-state index contributed by atoms with van der Waals surface area (Å²) < 4.78 is 20.0. The summed E-state index contributed by atoms with van der Waals surface area (Å²) in [5, 5.41) is 4.27. The van der Waals surface area contributed by atoms with Crippen LogP contribution in [0.4, 0.5) is 4.39 Å². The van der Waals surface area contributed by atoms with Crippen molar-refractivity contribution < 1.29 is 13.9 Å². The lowest BCUT2D eigenvalue weighted by atomic mass is 10.1. The second-order valence-corrected chi connectivity index (χ2v) is 5.38. The fourth-order valence-electron chi connectivity index (χ4n) is 1.92. The van der Waals surface area contributed by atoms with Gasteiger partial charge in [-0.05, 0) is 46.1 Å². The van der Waals surface area contributed by atoms with Gasteiger partial charge in [0, 0.05) is 0 Å². The van der Waals surface area contributed by atoms with Crippen LogP contribution in [0.5, 0.6) is 0 Å². The molecule has 0 spiro atoms. The van der Waals surface area contributed by atoms with E-state index < -0.39 is 5.97 Å². The van der Waals surface area contributed by atoms with Crippen molar-refractivity contribution in [1.29, 1.82) is 0 Å². The maximum absolute atomic E-state index is 13.0. The molecule has 0 bridgehead atoms. The standard InChI is InChI=1S/C14H14BrFN2O2/c1-8(2)13-11(15)12(14(19)20-3)17-18(13)10-6-4-9(16)5-7-10/h4-8H,1-3H3. The van der Waals surface area contributed by atoms with Crippen molar-refractivity contribution in [2.75, 3.05) is 7.11 Å². The van der Waals surface area contributed by atoms with Crippen LogP contribution in [0.15, 0.2) is 28.7 Å². The number of ether oxygens (including phenoxy) is 1. The molecule has 0 fully saturated rings. The Bertz CT molecular complexity index is 635. The highest BCUT2D eigenvalue weighted by Gasteiger charge is 2.24. The molecule has 20 heavy (non-hydrogen) atoms. The van der Waals surface area contributed by atoms with Crippen LogP contribution in [-0.4, -0.2) is 22.9 Å². The first-order valence-corrected chi connectivity index (χ1v) is 6.87. The molecule has 0 atom stereocenters. The molecule has 1 aromatic carbocycles. The lowest BCUT2D eigenvalue weighted by Gasteiger charge is -2.10. The number of hydrogen-bond donors (Lipinski definition) is 0. The molecular weight excluding hydrogens is 327 g/mol. The zero-order valence-corrected chi connectivity index (χ0v) is 12.9. The molecular formula is C14H14BrFN2O2. The molecule has 4 nitrogen and oxygen atoms in total. The Morgan fingerprint density at radius 3 is 2.45 bits per heavy atom. The van der Waals surface area contributed by atoms with Crippen molar-refractivity contribution in [2.24, 2.45) is 0 Å². The summed E-state index contributed by atoms with van der Waals surface area (Å²) in [5.41, 5.74) is 1.73. The summed E-state index contributed by atoms with van der Waals surface area (Å²) in [4.78, 5) is 11.7. The molecule has 2 rings (SSSR count). The second-order valence-electron chi connectivity index (χ2n) is 4.58. The third-order valence-corrected chi connectivity index (χ3v) is 3.64. The average molecular weight is 341 g/mol. The summed E-state index contributed by atoms with van der Waals surface area (Å²) in [5.74, 6) is -0.709. The number of nitrogens with zero attached hydrogens (tertiary/aromatic N) is 2. The molecule has 0 unspecified atom stereocenters. The predicted octanol–water partition coefficient (Wildman–Crippen LogP) is 3.68. The van der Waals surface area contributed by atoms with Crippen molar-refractivity contribution in [3.63, 3.8) is 0 Å². The van der Waals surface area contributed by atoms with Gasteiger partial charge in [0.05, 0.1) is 23.0 Å². The Kier molecular flexibility index (Phi) is 4.23. The Hall–Kier alpha value is -1.69. The molecule has 0 radical (unpaired) electrons. The van der Waals surface area contributed by atoms with Crippen LogP contribution in [-0.2, 0) is 4.74 Å². The summed E-state index contributed by atoms with van der Waals surface area (Å²) >= 11 is 3.40. The number of hydrogen-bond acceptors (Lipinski definition) is 3.